The molecule has 0 aliphatic carbocycles. The maximum Gasteiger partial charge on any atom is 0.253 e. The molecule has 1 aliphatic rings. The first-order valence-corrected chi connectivity index (χ1v) is 8.34. The molecule has 0 bridgehead atoms. The number of aryl methyl sites for hydroxylation is 1. The zero-order chi connectivity index (χ0) is 15.4. The quantitative estimate of drug-likeness (QED) is 0.806. The van der Waals surface area contributed by atoms with Crippen molar-refractivity contribution in [3.8, 4) is 0 Å². The highest BCUT2D eigenvalue weighted by Crippen LogP contribution is 2.20. The molecule has 0 spiro atoms. The summed E-state index contributed by atoms with van der Waals surface area (Å²) in [4.78, 5) is 13.4. The fourth-order valence-electron chi connectivity index (χ4n) is 2.32. The Bertz CT molecular complexity index is 680. The number of thioether (sulfide) groups is 1. The fourth-order valence-corrected chi connectivity index (χ4v) is 3.09. The van der Waals surface area contributed by atoms with E-state index in [4.69, 9.17) is 0 Å². The molecule has 1 aliphatic heterocycles. The van der Waals surface area contributed by atoms with Crippen molar-refractivity contribution in [1.29, 1.82) is 0 Å². The number of rotatable bonds is 4. The predicted molar refractivity (Wildman–Crippen MR) is 91.2 cm³/mol. The monoisotopic (exact) mass is 310 g/mol. The van der Waals surface area contributed by atoms with Gasteiger partial charge < -0.3 is 0 Å². The Balaban J connectivity index is 1.59. The molecule has 2 aromatic carbocycles. The van der Waals surface area contributed by atoms with Crippen molar-refractivity contribution in [3.05, 3.63) is 65.7 Å². The average molecular weight is 310 g/mol. The number of benzene rings is 2. The van der Waals surface area contributed by atoms with E-state index in [1.165, 1.54) is 5.56 Å². The molecular formula is C18H18N2OS. The second-order valence-electron chi connectivity index (χ2n) is 5.28. The summed E-state index contributed by atoms with van der Waals surface area (Å²) in [5, 5.41) is 6.07. The summed E-state index contributed by atoms with van der Waals surface area (Å²) in [7, 11) is 0. The number of hydrazone groups is 1. The molecular weight excluding hydrogens is 292 g/mol. The molecule has 0 fully saturated rings. The van der Waals surface area contributed by atoms with Crippen molar-refractivity contribution in [1.82, 2.24) is 5.01 Å². The van der Waals surface area contributed by atoms with Crippen molar-refractivity contribution in [2.75, 3.05) is 12.3 Å². The number of hydrogen-bond acceptors (Lipinski definition) is 3. The summed E-state index contributed by atoms with van der Waals surface area (Å²) in [6.45, 7) is 2.74. The average Bonchev–Trinajstić information content (AvgIpc) is 3.05. The Hall–Kier alpha value is -2.07. The Morgan fingerprint density at radius 3 is 2.59 bits per heavy atom. The lowest BCUT2D eigenvalue weighted by Gasteiger charge is -2.11. The number of carbonyl (C=O) groups is 1. The molecule has 22 heavy (non-hydrogen) atoms. The summed E-state index contributed by atoms with van der Waals surface area (Å²) in [6, 6.07) is 18.3. The zero-order valence-electron chi connectivity index (χ0n) is 12.5. The number of carbonyl (C=O) groups excluding carboxylic acids is 1. The second kappa shape index (κ2) is 6.79. The molecule has 4 heteroatoms. The van der Waals surface area contributed by atoms with Gasteiger partial charge in [0.1, 0.15) is 0 Å². The van der Waals surface area contributed by atoms with E-state index >= 15 is 0 Å². The highest BCUT2D eigenvalue weighted by Gasteiger charge is 2.21. The molecule has 1 heterocycles. The maximum absolute atomic E-state index is 12.3. The molecule has 0 aromatic heterocycles. The molecule has 0 N–H and O–H groups in total. The molecule has 3 nitrogen and oxygen atoms in total. The van der Waals surface area contributed by atoms with Crippen LogP contribution in [0.5, 0.6) is 0 Å². The van der Waals surface area contributed by atoms with Gasteiger partial charge in [-0.05, 0) is 24.6 Å². The van der Waals surface area contributed by atoms with Crippen LogP contribution in [0.3, 0.4) is 0 Å². The molecule has 0 unspecified atom stereocenters. The molecule has 2 aromatic rings. The van der Waals surface area contributed by atoms with Crippen LogP contribution in [0.4, 0.5) is 0 Å². The third-order valence-corrected chi connectivity index (χ3v) is 4.58. The van der Waals surface area contributed by atoms with Crippen molar-refractivity contribution in [2.45, 2.75) is 18.2 Å². The van der Waals surface area contributed by atoms with E-state index in [0.717, 1.165) is 22.6 Å². The zero-order valence-corrected chi connectivity index (χ0v) is 13.3. The van der Waals surface area contributed by atoms with Crippen LogP contribution in [0.15, 0.2) is 64.6 Å². The third kappa shape index (κ3) is 3.57. The lowest BCUT2D eigenvalue weighted by atomic mass is 10.1. The van der Waals surface area contributed by atoms with Gasteiger partial charge in [-0.15, -0.1) is 11.8 Å². The minimum atomic E-state index is 0.0662. The first-order chi connectivity index (χ1) is 10.7. The Morgan fingerprint density at radius 2 is 1.86 bits per heavy atom. The van der Waals surface area contributed by atoms with E-state index in [-0.39, 0.29) is 5.91 Å². The van der Waals surface area contributed by atoms with Crippen LogP contribution < -0.4 is 0 Å². The standard InChI is InChI=1S/C18H18N2OS/c1-14-7-9-16(10-8-14)22-13-18(21)20-12-11-17(19-20)15-5-3-2-4-6-15/h2-10H,11-13H2,1H3. The Kier molecular flexibility index (Phi) is 4.59. The number of amides is 1. The van der Waals surface area contributed by atoms with Crippen LogP contribution in [0.25, 0.3) is 0 Å². The third-order valence-electron chi connectivity index (χ3n) is 3.58. The van der Waals surface area contributed by atoms with Crippen LogP contribution in [0.2, 0.25) is 0 Å². The molecule has 1 amide bonds. The summed E-state index contributed by atoms with van der Waals surface area (Å²) in [5.41, 5.74) is 3.32. The van der Waals surface area contributed by atoms with E-state index in [2.05, 4.69) is 36.3 Å². The molecule has 112 valence electrons. The van der Waals surface area contributed by atoms with Crippen LogP contribution in [-0.4, -0.2) is 28.9 Å². The summed E-state index contributed by atoms with van der Waals surface area (Å²) < 4.78 is 0. The number of nitrogens with zero attached hydrogens (tertiary/aromatic N) is 2. The SMILES string of the molecule is Cc1ccc(SCC(=O)N2CCC(c3ccccc3)=N2)cc1. The topological polar surface area (TPSA) is 32.7 Å². The van der Waals surface area contributed by atoms with E-state index < -0.39 is 0 Å². The fraction of sp³-hybridized carbons (Fsp3) is 0.222. The van der Waals surface area contributed by atoms with Crippen LogP contribution in [0.1, 0.15) is 17.5 Å². The van der Waals surface area contributed by atoms with Crippen molar-refractivity contribution in [3.63, 3.8) is 0 Å². The predicted octanol–water partition coefficient (Wildman–Crippen LogP) is 3.72. The molecule has 0 atom stereocenters. The van der Waals surface area contributed by atoms with Crippen LogP contribution in [-0.2, 0) is 4.79 Å². The van der Waals surface area contributed by atoms with Gasteiger partial charge in [0, 0.05) is 11.3 Å². The lowest BCUT2D eigenvalue weighted by molar-refractivity contribution is -0.127. The van der Waals surface area contributed by atoms with E-state index in [1.54, 1.807) is 16.8 Å². The Labute approximate surface area is 135 Å². The largest absolute Gasteiger partial charge is 0.272 e. The first kappa shape index (κ1) is 14.9. The minimum absolute atomic E-state index is 0.0662. The van der Waals surface area contributed by atoms with E-state index in [0.29, 0.717) is 12.3 Å². The van der Waals surface area contributed by atoms with Gasteiger partial charge in [-0.25, -0.2) is 5.01 Å². The molecule has 0 saturated carbocycles. The van der Waals surface area contributed by atoms with Gasteiger partial charge >= 0.3 is 0 Å². The second-order valence-corrected chi connectivity index (χ2v) is 6.33. The van der Waals surface area contributed by atoms with Gasteiger partial charge in [0.25, 0.3) is 5.91 Å². The van der Waals surface area contributed by atoms with Gasteiger partial charge in [0.05, 0.1) is 18.0 Å². The molecule has 0 saturated heterocycles. The molecule has 0 radical (unpaired) electrons. The van der Waals surface area contributed by atoms with E-state index in [9.17, 15) is 4.79 Å². The van der Waals surface area contributed by atoms with Gasteiger partial charge in [-0.1, -0.05) is 48.0 Å². The Morgan fingerprint density at radius 1 is 1.14 bits per heavy atom. The van der Waals surface area contributed by atoms with Gasteiger partial charge in [0.2, 0.25) is 0 Å². The van der Waals surface area contributed by atoms with E-state index in [1.807, 2.05) is 30.3 Å². The van der Waals surface area contributed by atoms with Gasteiger partial charge in [-0.2, -0.15) is 5.10 Å². The highest BCUT2D eigenvalue weighted by atomic mass is 32.2. The van der Waals surface area contributed by atoms with Crippen molar-refractivity contribution < 1.29 is 4.79 Å². The molecule has 3 rings (SSSR count). The summed E-state index contributed by atoms with van der Waals surface area (Å²) >= 11 is 1.56. The van der Waals surface area contributed by atoms with Gasteiger partial charge in [-0.3, -0.25) is 4.79 Å². The summed E-state index contributed by atoms with van der Waals surface area (Å²) in [6.07, 6.45) is 0.824. The minimum Gasteiger partial charge on any atom is -0.272 e. The maximum atomic E-state index is 12.3. The van der Waals surface area contributed by atoms with Crippen LogP contribution in [0, 0.1) is 6.92 Å². The van der Waals surface area contributed by atoms with Gasteiger partial charge in [0.15, 0.2) is 0 Å². The first-order valence-electron chi connectivity index (χ1n) is 7.35. The van der Waals surface area contributed by atoms with Crippen molar-refractivity contribution >= 4 is 23.4 Å². The summed E-state index contributed by atoms with van der Waals surface area (Å²) in [5.74, 6) is 0.491. The highest BCUT2D eigenvalue weighted by molar-refractivity contribution is 8.00. The normalized spacial score (nSPS) is 14.0. The lowest BCUT2D eigenvalue weighted by Crippen LogP contribution is -2.25. The van der Waals surface area contributed by atoms with Crippen LogP contribution >= 0.6 is 11.8 Å². The van der Waals surface area contributed by atoms with Crippen molar-refractivity contribution in [2.24, 2.45) is 5.10 Å². The number of hydrogen-bond donors (Lipinski definition) is 0. The smallest absolute Gasteiger partial charge is 0.253 e.